The highest BCUT2D eigenvalue weighted by Crippen LogP contribution is 2.27. The Bertz CT molecular complexity index is 1100. The standard InChI is InChI=1S/C39H72O9.5C3H8O3/c40-33-36(43)39(48,31-23-15-13-19-27-34(41)25-17-9-5-1-3-7-11-21-29-37(44)45)32-24-16-14-20-28-35(42)26-18-10-6-2-4-8-12-22-30-38(46)47;5*4-1-3(6)2-5/h9-10,17-18,34-36,40-43,48H,1-8,11-16,19-33H2,(H,44,45)(H,46,47);5*3-6H,1-2H2/b17-9-,18-10-;;;;;/t34-,35-,36?;;;;;/m0...../s1. The molecule has 3 atom stereocenters. The van der Waals surface area contributed by atoms with Crippen LogP contribution in [-0.2, 0) is 9.59 Å². The monoisotopic (exact) mass is 1140 g/mol. The number of unbranched alkanes of at least 4 members (excludes halogenated alkanes) is 16. The summed E-state index contributed by atoms with van der Waals surface area (Å²) in [6.45, 7) is -4.11. The van der Waals surface area contributed by atoms with Gasteiger partial charge in [0.25, 0.3) is 0 Å². The average molecular weight is 1150 g/mol. The van der Waals surface area contributed by atoms with Crippen molar-refractivity contribution in [1.82, 2.24) is 0 Å². The van der Waals surface area contributed by atoms with E-state index in [2.05, 4.69) is 12.2 Å². The lowest BCUT2D eigenvalue weighted by Crippen LogP contribution is -2.44. The topological polar surface area (TPSA) is 479 Å². The Morgan fingerprint density at radius 3 is 0.795 bits per heavy atom. The maximum atomic E-state index is 11.1. The molecule has 0 radical (unpaired) electrons. The van der Waals surface area contributed by atoms with Crippen molar-refractivity contribution in [3.05, 3.63) is 24.3 Å². The smallest absolute Gasteiger partial charge is 0.303 e. The van der Waals surface area contributed by atoms with Crippen molar-refractivity contribution >= 4 is 11.9 Å². The molecule has 0 aliphatic heterocycles. The molecule has 22 N–H and O–H groups in total. The number of hydrogen-bond donors (Lipinski definition) is 22. The van der Waals surface area contributed by atoms with Crippen molar-refractivity contribution in [3.8, 4) is 0 Å². The first-order chi connectivity index (χ1) is 37.1. The number of carbonyl (C=O) groups is 2. The van der Waals surface area contributed by atoms with E-state index in [0.717, 1.165) is 141 Å². The number of allylic oxidation sites excluding steroid dienone is 2. The highest BCUT2D eigenvalue weighted by Gasteiger charge is 2.34. The first kappa shape index (κ1) is 86.9. The van der Waals surface area contributed by atoms with Crippen LogP contribution in [0.25, 0.3) is 0 Å². The van der Waals surface area contributed by atoms with Gasteiger partial charge in [-0.15, -0.1) is 0 Å². The van der Waals surface area contributed by atoms with E-state index >= 15 is 0 Å². The van der Waals surface area contributed by atoms with E-state index in [1.165, 1.54) is 0 Å². The van der Waals surface area contributed by atoms with Crippen molar-refractivity contribution < 1.29 is 122 Å². The number of aliphatic hydroxyl groups is 20. The van der Waals surface area contributed by atoms with Crippen LogP contribution in [0.3, 0.4) is 0 Å². The van der Waals surface area contributed by atoms with Crippen LogP contribution in [0.5, 0.6) is 0 Å². The summed E-state index contributed by atoms with van der Waals surface area (Å²) >= 11 is 0. The predicted octanol–water partition coefficient (Wildman–Crippen LogP) is -0.344. The molecule has 0 aromatic heterocycles. The molecule has 0 saturated carbocycles. The van der Waals surface area contributed by atoms with Crippen molar-refractivity contribution in [2.75, 3.05) is 72.7 Å². The Hall–Kier alpha value is -2.38. The van der Waals surface area contributed by atoms with Crippen LogP contribution >= 0.6 is 0 Å². The van der Waals surface area contributed by atoms with Crippen molar-refractivity contribution in [2.24, 2.45) is 0 Å². The van der Waals surface area contributed by atoms with Gasteiger partial charge < -0.3 is 112 Å². The molecular weight excluding hydrogens is 1030 g/mol. The van der Waals surface area contributed by atoms with E-state index in [0.29, 0.717) is 25.7 Å². The zero-order valence-electron chi connectivity index (χ0n) is 46.7. The molecule has 24 heteroatoms. The molecule has 0 spiro atoms. The quantitative estimate of drug-likeness (QED) is 0.0274. The third-order valence-corrected chi connectivity index (χ3v) is 11.4. The molecular formula is C54H112O24. The third kappa shape index (κ3) is 75.7. The van der Waals surface area contributed by atoms with Gasteiger partial charge in [0.2, 0.25) is 0 Å². The lowest BCUT2D eigenvalue weighted by atomic mass is 9.85. The normalized spacial score (nSPS) is 12.6. The molecule has 0 bridgehead atoms. The number of hydrogen-bond acceptors (Lipinski definition) is 22. The van der Waals surface area contributed by atoms with Crippen LogP contribution in [0.15, 0.2) is 24.3 Å². The van der Waals surface area contributed by atoms with Crippen molar-refractivity contribution in [3.63, 3.8) is 0 Å². The largest absolute Gasteiger partial charge is 0.481 e. The highest BCUT2D eigenvalue weighted by molar-refractivity contribution is 5.66. The van der Waals surface area contributed by atoms with Crippen LogP contribution in [0.2, 0.25) is 0 Å². The molecule has 24 nitrogen and oxygen atoms in total. The summed E-state index contributed by atoms with van der Waals surface area (Å²) < 4.78 is 0. The lowest BCUT2D eigenvalue weighted by Gasteiger charge is -2.32. The lowest BCUT2D eigenvalue weighted by molar-refractivity contribution is -0.138. The van der Waals surface area contributed by atoms with Gasteiger partial charge in [-0.05, 0) is 77.0 Å². The minimum atomic E-state index is -1.29. The van der Waals surface area contributed by atoms with Gasteiger partial charge in [0, 0.05) is 12.8 Å². The Balaban J connectivity index is -0.000000344. The summed E-state index contributed by atoms with van der Waals surface area (Å²) in [7, 11) is 0. The van der Waals surface area contributed by atoms with Gasteiger partial charge in [0.05, 0.1) is 90.5 Å². The minimum absolute atomic E-state index is 0.256. The van der Waals surface area contributed by atoms with Gasteiger partial charge in [-0.2, -0.15) is 0 Å². The van der Waals surface area contributed by atoms with Crippen molar-refractivity contribution in [2.45, 2.75) is 234 Å². The second kappa shape index (κ2) is 68.9. The molecule has 0 rings (SSSR count). The first-order valence-corrected chi connectivity index (χ1v) is 27.7. The molecule has 0 amide bonds. The molecule has 0 saturated heterocycles. The first-order valence-electron chi connectivity index (χ1n) is 27.7. The summed E-state index contributed by atoms with van der Waals surface area (Å²) in [5, 5.41) is 189. The second-order valence-corrected chi connectivity index (χ2v) is 18.9. The Morgan fingerprint density at radius 2 is 0.551 bits per heavy atom. The highest BCUT2D eigenvalue weighted by atomic mass is 16.4. The summed E-state index contributed by atoms with van der Waals surface area (Å²) in [5.74, 6) is -1.45. The number of aliphatic hydroxyl groups excluding tert-OH is 19. The summed E-state index contributed by atoms with van der Waals surface area (Å²) in [5.41, 5.74) is -1.29. The zero-order valence-corrected chi connectivity index (χ0v) is 46.7. The zero-order chi connectivity index (χ0) is 60.7. The summed E-state index contributed by atoms with van der Waals surface area (Å²) in [6.07, 6.45) is 24.8. The molecule has 0 heterocycles. The van der Waals surface area contributed by atoms with E-state index in [4.69, 9.17) is 86.8 Å². The molecule has 1 unspecified atom stereocenters. The fraction of sp³-hybridized carbons (Fsp3) is 0.889. The Morgan fingerprint density at radius 1 is 0.308 bits per heavy atom. The van der Waals surface area contributed by atoms with Crippen LogP contribution in [0.1, 0.15) is 180 Å². The maximum Gasteiger partial charge on any atom is 0.303 e. The van der Waals surface area contributed by atoms with Crippen LogP contribution in [0, 0.1) is 0 Å². The van der Waals surface area contributed by atoms with Gasteiger partial charge in [-0.25, -0.2) is 0 Å². The summed E-state index contributed by atoms with van der Waals surface area (Å²) in [6, 6.07) is 0. The van der Waals surface area contributed by atoms with Crippen LogP contribution in [0.4, 0.5) is 0 Å². The Labute approximate surface area is 464 Å². The van der Waals surface area contributed by atoms with Gasteiger partial charge >= 0.3 is 11.9 Å². The van der Waals surface area contributed by atoms with Crippen molar-refractivity contribution in [1.29, 1.82) is 0 Å². The fourth-order valence-corrected chi connectivity index (χ4v) is 6.36. The minimum Gasteiger partial charge on any atom is -0.481 e. The molecule has 0 aromatic carbocycles. The molecule has 472 valence electrons. The number of carboxylic acids is 2. The summed E-state index contributed by atoms with van der Waals surface area (Å²) in [4.78, 5) is 21.0. The van der Waals surface area contributed by atoms with Crippen LogP contribution < -0.4 is 0 Å². The van der Waals surface area contributed by atoms with E-state index < -0.39 is 60.8 Å². The average Bonchev–Trinajstić information content (AvgIpc) is 3.44. The fourth-order valence-electron chi connectivity index (χ4n) is 6.36. The molecule has 78 heavy (non-hydrogen) atoms. The number of rotatable bonds is 46. The second-order valence-electron chi connectivity index (χ2n) is 18.9. The SMILES string of the molecule is O=C(O)CCCCCCC/C=C\C[C@H](O)CCCCCCC(O)(CCCCCC[C@@H](O)C/C=C\CCCCCCCC(=O)O)C(O)CO.OCC(O)CO.OCC(O)CO.OCC(O)CO.OCC(O)CO.OCC(O)CO. The molecule has 0 aliphatic rings. The van der Waals surface area contributed by atoms with E-state index in [1.807, 2.05) is 12.2 Å². The van der Waals surface area contributed by atoms with Gasteiger partial charge in [0.1, 0.15) is 36.6 Å². The van der Waals surface area contributed by atoms with Gasteiger partial charge in [-0.1, -0.05) is 114 Å². The predicted molar refractivity (Wildman–Crippen MR) is 294 cm³/mol. The molecule has 0 aliphatic carbocycles. The van der Waals surface area contributed by atoms with Gasteiger partial charge in [0.15, 0.2) is 0 Å². The number of aliphatic carboxylic acids is 2. The van der Waals surface area contributed by atoms with Crippen LogP contribution in [-0.4, -0.2) is 251 Å². The Kier molecular flexibility index (Phi) is 76.7. The van der Waals surface area contributed by atoms with E-state index in [9.17, 15) is 35.1 Å². The molecule has 0 aromatic rings. The number of carboxylic acid groups (broad SMARTS) is 2. The molecule has 0 fully saturated rings. The van der Waals surface area contributed by atoms with E-state index in [-0.39, 0.29) is 91.1 Å². The van der Waals surface area contributed by atoms with E-state index in [1.54, 1.807) is 0 Å². The maximum absolute atomic E-state index is 11.1. The third-order valence-electron chi connectivity index (χ3n) is 11.4. The van der Waals surface area contributed by atoms with Gasteiger partial charge in [-0.3, -0.25) is 9.59 Å².